The fraction of sp³-hybridized carbons (Fsp3) is 0.238. The SMILES string of the molecule is CSc1ccc2c(c1O)N(CCC1=CC=CCN1C)c1ccccc1S2. The van der Waals surface area contributed by atoms with E-state index in [1.165, 1.54) is 16.3 Å². The summed E-state index contributed by atoms with van der Waals surface area (Å²) in [6.45, 7) is 1.79. The summed E-state index contributed by atoms with van der Waals surface area (Å²) in [5.41, 5.74) is 3.44. The van der Waals surface area contributed by atoms with E-state index >= 15 is 0 Å². The monoisotopic (exact) mass is 382 g/mol. The molecule has 0 bridgehead atoms. The van der Waals surface area contributed by atoms with Gasteiger partial charge in [-0.05, 0) is 36.6 Å². The van der Waals surface area contributed by atoms with Gasteiger partial charge in [0.1, 0.15) is 0 Å². The fourth-order valence-corrected chi connectivity index (χ4v) is 5.03. The number of hydrogen-bond acceptors (Lipinski definition) is 5. The Morgan fingerprint density at radius 2 is 2.00 bits per heavy atom. The highest BCUT2D eigenvalue weighted by Crippen LogP contribution is 2.53. The van der Waals surface area contributed by atoms with Crippen LogP contribution in [0.15, 0.2) is 75.0 Å². The number of para-hydroxylation sites is 1. The van der Waals surface area contributed by atoms with E-state index in [1.54, 1.807) is 23.5 Å². The Morgan fingerprint density at radius 1 is 1.15 bits per heavy atom. The summed E-state index contributed by atoms with van der Waals surface area (Å²) in [5, 5.41) is 10.9. The van der Waals surface area contributed by atoms with Gasteiger partial charge in [0.2, 0.25) is 0 Å². The molecule has 0 radical (unpaired) electrons. The number of anilines is 2. The van der Waals surface area contributed by atoms with Crippen molar-refractivity contribution in [3.05, 3.63) is 60.3 Å². The van der Waals surface area contributed by atoms with Gasteiger partial charge in [0, 0.05) is 42.0 Å². The maximum absolute atomic E-state index is 10.9. The number of hydrogen-bond donors (Lipinski definition) is 1. The van der Waals surface area contributed by atoms with Crippen molar-refractivity contribution in [3.8, 4) is 5.75 Å². The molecule has 4 rings (SSSR count). The van der Waals surface area contributed by atoms with Crippen molar-refractivity contribution in [2.75, 3.05) is 31.3 Å². The van der Waals surface area contributed by atoms with E-state index in [1.807, 2.05) is 12.3 Å². The van der Waals surface area contributed by atoms with Crippen molar-refractivity contribution >= 4 is 34.9 Å². The molecule has 0 atom stereocenters. The van der Waals surface area contributed by atoms with Gasteiger partial charge in [0.05, 0.1) is 16.3 Å². The summed E-state index contributed by atoms with van der Waals surface area (Å²) in [6, 6.07) is 12.6. The van der Waals surface area contributed by atoms with Gasteiger partial charge in [0.25, 0.3) is 0 Å². The second-order valence-electron chi connectivity index (χ2n) is 6.40. The van der Waals surface area contributed by atoms with Crippen LogP contribution in [-0.4, -0.2) is 36.4 Å². The average molecular weight is 383 g/mol. The third-order valence-corrected chi connectivity index (χ3v) is 6.71. The van der Waals surface area contributed by atoms with E-state index in [0.29, 0.717) is 5.75 Å². The molecule has 0 aliphatic carbocycles. The Morgan fingerprint density at radius 3 is 2.81 bits per heavy atom. The van der Waals surface area contributed by atoms with Crippen molar-refractivity contribution < 1.29 is 5.11 Å². The molecule has 0 amide bonds. The van der Waals surface area contributed by atoms with Crippen molar-refractivity contribution in [3.63, 3.8) is 0 Å². The van der Waals surface area contributed by atoms with Gasteiger partial charge in [0.15, 0.2) is 5.75 Å². The number of rotatable bonds is 4. The molecule has 0 fully saturated rings. The van der Waals surface area contributed by atoms with Crippen LogP contribution in [0.4, 0.5) is 11.4 Å². The first-order valence-electron chi connectivity index (χ1n) is 8.70. The molecule has 2 aromatic carbocycles. The predicted molar refractivity (Wildman–Crippen MR) is 112 cm³/mol. The first kappa shape index (κ1) is 17.4. The largest absolute Gasteiger partial charge is 0.505 e. The molecule has 2 aliphatic rings. The van der Waals surface area contributed by atoms with Crippen LogP contribution in [-0.2, 0) is 0 Å². The Balaban J connectivity index is 1.73. The number of likely N-dealkylation sites (N-methyl/N-ethyl adjacent to an activating group) is 1. The second-order valence-corrected chi connectivity index (χ2v) is 8.33. The number of thioether (sulfide) groups is 1. The first-order chi connectivity index (χ1) is 12.7. The topological polar surface area (TPSA) is 26.7 Å². The third kappa shape index (κ3) is 3.10. The van der Waals surface area contributed by atoms with Crippen LogP contribution in [0, 0.1) is 0 Å². The number of phenols is 1. The molecule has 0 spiro atoms. The highest BCUT2D eigenvalue weighted by atomic mass is 32.2. The van der Waals surface area contributed by atoms with Crippen molar-refractivity contribution in [2.45, 2.75) is 21.1 Å². The number of phenolic OH excluding ortho intramolecular Hbond substituents is 1. The van der Waals surface area contributed by atoms with E-state index in [4.69, 9.17) is 0 Å². The summed E-state index contributed by atoms with van der Waals surface area (Å²) in [7, 11) is 2.13. The fourth-order valence-electron chi connectivity index (χ4n) is 3.43. The van der Waals surface area contributed by atoms with Crippen LogP contribution < -0.4 is 4.90 Å². The molecule has 0 aromatic heterocycles. The number of benzene rings is 2. The van der Waals surface area contributed by atoms with Crippen LogP contribution in [0.25, 0.3) is 0 Å². The van der Waals surface area contributed by atoms with Gasteiger partial charge in [-0.1, -0.05) is 36.0 Å². The zero-order valence-electron chi connectivity index (χ0n) is 15.0. The van der Waals surface area contributed by atoms with E-state index in [9.17, 15) is 5.11 Å². The third-order valence-electron chi connectivity index (χ3n) is 4.83. The van der Waals surface area contributed by atoms with Crippen LogP contribution in [0.3, 0.4) is 0 Å². The molecule has 0 saturated heterocycles. The number of aromatic hydroxyl groups is 1. The van der Waals surface area contributed by atoms with Gasteiger partial charge < -0.3 is 14.9 Å². The second kappa shape index (κ2) is 7.33. The van der Waals surface area contributed by atoms with Crippen LogP contribution in [0.2, 0.25) is 0 Å². The molecule has 3 nitrogen and oxygen atoms in total. The molecular formula is C21H22N2OS2. The Labute approximate surface area is 163 Å². The Hall–Kier alpha value is -1.98. The van der Waals surface area contributed by atoms with Crippen LogP contribution in [0.1, 0.15) is 6.42 Å². The molecule has 2 heterocycles. The van der Waals surface area contributed by atoms with Crippen molar-refractivity contribution in [2.24, 2.45) is 0 Å². The van der Waals surface area contributed by atoms with Gasteiger partial charge >= 0.3 is 0 Å². The van der Waals surface area contributed by atoms with Crippen molar-refractivity contribution in [1.82, 2.24) is 4.90 Å². The van der Waals surface area contributed by atoms with E-state index in [2.05, 4.69) is 65.4 Å². The summed E-state index contributed by atoms with van der Waals surface area (Å²) >= 11 is 3.32. The van der Waals surface area contributed by atoms with E-state index in [0.717, 1.165) is 35.0 Å². The Bertz CT molecular complexity index is 892. The van der Waals surface area contributed by atoms with Gasteiger partial charge in [-0.2, -0.15) is 0 Å². The highest BCUT2D eigenvalue weighted by molar-refractivity contribution is 8.00. The summed E-state index contributed by atoms with van der Waals surface area (Å²) in [4.78, 5) is 7.84. The lowest BCUT2D eigenvalue weighted by molar-refractivity contribution is 0.438. The molecule has 0 unspecified atom stereocenters. The lowest BCUT2D eigenvalue weighted by Gasteiger charge is -2.35. The van der Waals surface area contributed by atoms with Gasteiger partial charge in [-0.15, -0.1) is 11.8 Å². The summed E-state index contributed by atoms with van der Waals surface area (Å²) < 4.78 is 0. The molecule has 5 heteroatoms. The maximum atomic E-state index is 10.9. The van der Waals surface area contributed by atoms with Crippen LogP contribution >= 0.6 is 23.5 Å². The zero-order chi connectivity index (χ0) is 18.1. The minimum absolute atomic E-state index is 0.392. The molecule has 2 aliphatic heterocycles. The van der Waals surface area contributed by atoms with Gasteiger partial charge in [-0.3, -0.25) is 0 Å². The normalized spacial score (nSPS) is 15.5. The lowest BCUT2D eigenvalue weighted by atomic mass is 10.1. The highest BCUT2D eigenvalue weighted by Gasteiger charge is 2.27. The number of allylic oxidation sites excluding steroid dienone is 2. The molecule has 2 aromatic rings. The summed E-state index contributed by atoms with van der Waals surface area (Å²) in [6.07, 6.45) is 9.42. The first-order valence-corrected chi connectivity index (χ1v) is 10.7. The standard InChI is InChI=1S/C21H22N2OS2/c1-22-13-6-5-7-15(22)12-14-23-16-8-3-4-9-17(16)26-18-10-11-19(25-2)21(24)20(18)23/h3-11,24H,12-14H2,1-2H3. The molecule has 26 heavy (non-hydrogen) atoms. The predicted octanol–water partition coefficient (Wildman–Crippen LogP) is 5.49. The van der Waals surface area contributed by atoms with E-state index < -0.39 is 0 Å². The van der Waals surface area contributed by atoms with Crippen LogP contribution in [0.5, 0.6) is 5.75 Å². The smallest absolute Gasteiger partial charge is 0.153 e. The average Bonchev–Trinajstić information content (AvgIpc) is 2.67. The summed E-state index contributed by atoms with van der Waals surface area (Å²) in [5.74, 6) is 0.392. The zero-order valence-corrected chi connectivity index (χ0v) is 16.6. The number of nitrogens with zero attached hydrogens (tertiary/aromatic N) is 2. The van der Waals surface area contributed by atoms with E-state index in [-0.39, 0.29) is 0 Å². The molecular weight excluding hydrogens is 360 g/mol. The van der Waals surface area contributed by atoms with Crippen molar-refractivity contribution in [1.29, 1.82) is 0 Å². The minimum Gasteiger partial charge on any atom is -0.505 e. The minimum atomic E-state index is 0.392. The quantitative estimate of drug-likeness (QED) is 0.705. The maximum Gasteiger partial charge on any atom is 0.153 e. The molecule has 1 N–H and O–H groups in total. The lowest BCUT2D eigenvalue weighted by Crippen LogP contribution is -2.26. The number of fused-ring (bicyclic) bond motifs is 2. The molecule has 134 valence electrons. The Kier molecular flexibility index (Phi) is 4.92. The molecule has 0 saturated carbocycles. The van der Waals surface area contributed by atoms with Gasteiger partial charge in [-0.25, -0.2) is 0 Å².